The average molecular weight is 417 g/mol. The van der Waals surface area contributed by atoms with Crippen LogP contribution in [-0.2, 0) is 4.79 Å². The fourth-order valence-electron chi connectivity index (χ4n) is 3.23. The molecule has 3 N–H and O–H groups in total. The maximum absolute atomic E-state index is 13.0. The molecular formula is C20H21ClN4O4. The normalized spacial score (nSPS) is 17.1. The summed E-state index contributed by atoms with van der Waals surface area (Å²) in [7, 11) is 0. The number of aromatic nitrogens is 2. The van der Waals surface area contributed by atoms with E-state index in [0.717, 1.165) is 5.56 Å². The van der Waals surface area contributed by atoms with Gasteiger partial charge in [0.05, 0.1) is 22.5 Å². The number of aromatic amines is 1. The molecule has 2 amide bonds. The zero-order valence-electron chi connectivity index (χ0n) is 15.8. The van der Waals surface area contributed by atoms with Crippen LogP contribution in [0.2, 0.25) is 0 Å². The number of amides is 2. The van der Waals surface area contributed by atoms with Gasteiger partial charge in [0, 0.05) is 31.7 Å². The number of aliphatic hydroxyl groups excluding tert-OH is 1. The number of carbonyl (C=O) groups is 2. The van der Waals surface area contributed by atoms with E-state index in [4.69, 9.17) is 11.6 Å². The Morgan fingerprint density at radius 3 is 2.93 bits per heavy atom. The number of halogens is 1. The summed E-state index contributed by atoms with van der Waals surface area (Å²) in [5.74, 6) is -0.309. The standard InChI is InChI=1S/C20H21ClN4O4/c1-12(15-11-23-19(28)16-10-22-6-5-14(15)16)25(7-2-8-26)20(29)24-13-3-4-18(27)17(21)9-13/h3-6,9-13,26H,2,7-8H2,1H3,(H,23,28)(H,24,29). The monoisotopic (exact) mass is 416 g/mol. The number of ketones is 1. The van der Waals surface area contributed by atoms with Crippen molar-refractivity contribution < 1.29 is 14.7 Å². The maximum Gasteiger partial charge on any atom is 0.318 e. The number of fused-ring (bicyclic) bond motifs is 1. The summed E-state index contributed by atoms with van der Waals surface area (Å²) in [5.41, 5.74) is 0.491. The summed E-state index contributed by atoms with van der Waals surface area (Å²) in [5, 5.41) is 13.2. The lowest BCUT2D eigenvalue weighted by Crippen LogP contribution is -2.46. The van der Waals surface area contributed by atoms with Gasteiger partial charge in [-0.15, -0.1) is 0 Å². The van der Waals surface area contributed by atoms with Crippen LogP contribution < -0.4 is 10.9 Å². The Morgan fingerprint density at radius 1 is 1.41 bits per heavy atom. The second-order valence-electron chi connectivity index (χ2n) is 6.65. The van der Waals surface area contributed by atoms with Crippen molar-refractivity contribution in [3.8, 4) is 0 Å². The number of carbonyl (C=O) groups excluding carboxylic acids is 2. The maximum atomic E-state index is 13.0. The highest BCUT2D eigenvalue weighted by Crippen LogP contribution is 2.26. The highest BCUT2D eigenvalue weighted by atomic mass is 35.5. The highest BCUT2D eigenvalue weighted by molar-refractivity contribution is 6.44. The van der Waals surface area contributed by atoms with E-state index in [2.05, 4.69) is 15.3 Å². The van der Waals surface area contributed by atoms with Crippen LogP contribution in [-0.4, -0.2) is 51.0 Å². The van der Waals surface area contributed by atoms with Gasteiger partial charge in [0.2, 0.25) is 0 Å². The molecule has 0 aromatic carbocycles. The van der Waals surface area contributed by atoms with Crippen LogP contribution in [0, 0.1) is 0 Å². The molecule has 0 saturated heterocycles. The van der Waals surface area contributed by atoms with E-state index in [0.29, 0.717) is 23.7 Å². The molecule has 0 aliphatic heterocycles. The summed E-state index contributed by atoms with van der Waals surface area (Å²) < 4.78 is 0. The van der Waals surface area contributed by atoms with Crippen LogP contribution >= 0.6 is 11.6 Å². The molecule has 152 valence electrons. The first kappa shape index (κ1) is 20.8. The largest absolute Gasteiger partial charge is 0.396 e. The molecule has 29 heavy (non-hydrogen) atoms. The van der Waals surface area contributed by atoms with Crippen molar-refractivity contribution in [2.45, 2.75) is 25.4 Å². The third-order valence-corrected chi connectivity index (χ3v) is 5.09. The van der Waals surface area contributed by atoms with Gasteiger partial charge in [-0.2, -0.15) is 0 Å². The Balaban J connectivity index is 1.89. The van der Waals surface area contributed by atoms with Crippen molar-refractivity contribution in [1.82, 2.24) is 20.2 Å². The minimum atomic E-state index is -0.520. The molecular weight excluding hydrogens is 396 g/mol. The van der Waals surface area contributed by atoms with Gasteiger partial charge in [-0.3, -0.25) is 14.6 Å². The highest BCUT2D eigenvalue weighted by Gasteiger charge is 2.25. The van der Waals surface area contributed by atoms with Crippen LogP contribution in [0.1, 0.15) is 24.9 Å². The van der Waals surface area contributed by atoms with Gasteiger partial charge in [0.15, 0.2) is 5.78 Å². The topological polar surface area (TPSA) is 115 Å². The third kappa shape index (κ3) is 4.55. The fourth-order valence-corrected chi connectivity index (χ4v) is 3.43. The van der Waals surface area contributed by atoms with E-state index in [1.165, 1.54) is 18.3 Å². The molecule has 2 aromatic heterocycles. The summed E-state index contributed by atoms with van der Waals surface area (Å²) >= 11 is 5.87. The van der Waals surface area contributed by atoms with Gasteiger partial charge in [-0.05, 0) is 42.5 Å². The first-order chi connectivity index (χ1) is 13.9. The molecule has 0 bridgehead atoms. The van der Waals surface area contributed by atoms with E-state index in [1.807, 2.05) is 6.92 Å². The van der Waals surface area contributed by atoms with E-state index in [1.54, 1.807) is 29.4 Å². The Labute approximate surface area is 171 Å². The predicted molar refractivity (Wildman–Crippen MR) is 110 cm³/mol. The first-order valence-corrected chi connectivity index (χ1v) is 9.53. The lowest BCUT2D eigenvalue weighted by molar-refractivity contribution is -0.110. The summed E-state index contributed by atoms with van der Waals surface area (Å²) in [6.45, 7) is 2.06. The molecule has 3 rings (SSSR count). The van der Waals surface area contributed by atoms with Crippen LogP contribution in [0.4, 0.5) is 4.79 Å². The molecule has 2 unspecified atom stereocenters. The Morgan fingerprint density at radius 2 is 2.21 bits per heavy atom. The Kier molecular flexibility index (Phi) is 6.46. The van der Waals surface area contributed by atoms with E-state index < -0.39 is 12.1 Å². The molecule has 0 radical (unpaired) electrons. The number of aliphatic hydroxyl groups is 1. The fraction of sp³-hybridized carbons (Fsp3) is 0.300. The number of nitrogens with zero attached hydrogens (tertiary/aromatic N) is 2. The molecule has 0 spiro atoms. The van der Waals surface area contributed by atoms with E-state index in [9.17, 15) is 19.5 Å². The number of nitrogens with one attached hydrogen (secondary N) is 2. The zero-order valence-corrected chi connectivity index (χ0v) is 16.5. The van der Waals surface area contributed by atoms with E-state index >= 15 is 0 Å². The number of pyridine rings is 2. The smallest absolute Gasteiger partial charge is 0.318 e. The van der Waals surface area contributed by atoms with Crippen LogP contribution in [0.3, 0.4) is 0 Å². The van der Waals surface area contributed by atoms with Gasteiger partial charge >= 0.3 is 6.03 Å². The minimum absolute atomic E-state index is 0.0480. The van der Waals surface area contributed by atoms with Crippen LogP contribution in [0.5, 0.6) is 0 Å². The van der Waals surface area contributed by atoms with Gasteiger partial charge in [-0.1, -0.05) is 17.7 Å². The van der Waals surface area contributed by atoms with Crippen LogP contribution in [0.25, 0.3) is 10.8 Å². The SMILES string of the molecule is CC(c1c[nH]c(=O)c2cnccc12)N(CCCO)C(=O)NC1C=CC(=O)C(Cl)=C1. The van der Waals surface area contributed by atoms with Gasteiger partial charge < -0.3 is 20.3 Å². The van der Waals surface area contributed by atoms with Gasteiger partial charge in [-0.25, -0.2) is 4.79 Å². The van der Waals surface area contributed by atoms with Gasteiger partial charge in [0.1, 0.15) is 0 Å². The summed E-state index contributed by atoms with van der Waals surface area (Å²) in [6.07, 6.45) is 9.39. The third-order valence-electron chi connectivity index (χ3n) is 4.78. The molecule has 2 atom stereocenters. The molecule has 2 heterocycles. The quantitative estimate of drug-likeness (QED) is 0.666. The van der Waals surface area contributed by atoms with Crippen molar-refractivity contribution in [2.75, 3.05) is 13.2 Å². The molecule has 9 heteroatoms. The Hall–Kier alpha value is -2.97. The van der Waals surface area contributed by atoms with E-state index in [-0.39, 0.29) is 29.0 Å². The number of urea groups is 1. The lowest BCUT2D eigenvalue weighted by atomic mass is 10.0. The first-order valence-electron chi connectivity index (χ1n) is 9.15. The molecule has 0 saturated carbocycles. The molecule has 1 aliphatic carbocycles. The van der Waals surface area contributed by atoms with Crippen molar-refractivity contribution in [3.63, 3.8) is 0 Å². The molecule has 1 aliphatic rings. The van der Waals surface area contributed by atoms with Crippen molar-refractivity contribution in [1.29, 1.82) is 0 Å². The van der Waals surface area contributed by atoms with Crippen molar-refractivity contribution in [2.24, 2.45) is 0 Å². The zero-order chi connectivity index (χ0) is 21.0. The summed E-state index contributed by atoms with van der Waals surface area (Å²) in [6, 6.07) is 0.422. The molecule has 8 nitrogen and oxygen atoms in total. The number of H-pyrrole nitrogens is 1. The van der Waals surface area contributed by atoms with Gasteiger partial charge in [0.25, 0.3) is 5.56 Å². The number of hydrogen-bond acceptors (Lipinski definition) is 5. The minimum Gasteiger partial charge on any atom is -0.396 e. The second kappa shape index (κ2) is 9.02. The number of rotatable bonds is 6. The predicted octanol–water partition coefficient (Wildman–Crippen LogP) is 2.01. The van der Waals surface area contributed by atoms with Crippen LogP contribution in [0.15, 0.2) is 52.7 Å². The summed E-state index contributed by atoms with van der Waals surface area (Å²) in [4.78, 5) is 44.8. The second-order valence-corrected chi connectivity index (χ2v) is 7.06. The number of hydrogen-bond donors (Lipinski definition) is 3. The molecule has 2 aromatic rings. The van der Waals surface area contributed by atoms with Crippen molar-refractivity contribution in [3.05, 3.63) is 63.8 Å². The molecule has 0 fully saturated rings. The average Bonchev–Trinajstić information content (AvgIpc) is 2.71. The van der Waals surface area contributed by atoms with Crippen molar-refractivity contribution >= 4 is 34.2 Å². The number of allylic oxidation sites excluding steroid dienone is 2. The lowest BCUT2D eigenvalue weighted by Gasteiger charge is -2.31. The Bertz CT molecular complexity index is 1050.